The van der Waals surface area contributed by atoms with Crippen LogP contribution in [-0.4, -0.2) is 22.6 Å². The molecule has 0 aliphatic carbocycles. The number of aromatic amines is 1. The summed E-state index contributed by atoms with van der Waals surface area (Å²) in [5.41, 5.74) is 2.53. The molecule has 104 valence electrons. The molecule has 2 aromatic rings. The van der Waals surface area contributed by atoms with E-state index in [0.717, 1.165) is 29.8 Å². The number of nitrogens with one attached hydrogen (secondary N) is 1. The van der Waals surface area contributed by atoms with Crippen LogP contribution in [0.15, 0.2) is 16.9 Å². The first-order valence-electron chi connectivity index (χ1n) is 6.57. The number of nitrogens with zero attached hydrogens (tertiary/aromatic N) is 2. The van der Waals surface area contributed by atoms with Crippen molar-refractivity contribution in [2.45, 2.75) is 20.8 Å². The van der Waals surface area contributed by atoms with Gasteiger partial charge in [-0.05, 0) is 25.0 Å². The Labute approximate surface area is 118 Å². The van der Waals surface area contributed by atoms with Crippen molar-refractivity contribution in [1.82, 2.24) is 9.55 Å². The van der Waals surface area contributed by atoms with Gasteiger partial charge in [0, 0.05) is 20.1 Å². The Morgan fingerprint density at radius 3 is 2.68 bits per heavy atom. The maximum Gasteiger partial charge on any atom is 0.326 e. The lowest BCUT2D eigenvalue weighted by Crippen LogP contribution is -2.28. The van der Waals surface area contributed by atoms with Gasteiger partial charge < -0.3 is 9.88 Å². The number of hydrogen-bond acceptors (Lipinski definition) is 2. The molecular formula is C14H20ClN3O. The molecule has 0 saturated carbocycles. The first kappa shape index (κ1) is 14.0. The molecule has 1 heterocycles. The Morgan fingerprint density at radius 1 is 1.42 bits per heavy atom. The minimum Gasteiger partial charge on any atom is -0.369 e. The maximum atomic E-state index is 11.8. The molecule has 0 amide bonds. The van der Waals surface area contributed by atoms with Crippen molar-refractivity contribution in [1.29, 1.82) is 0 Å². The summed E-state index contributed by atoms with van der Waals surface area (Å²) in [6, 6.07) is 3.70. The lowest BCUT2D eigenvalue weighted by Gasteiger charge is -2.27. The zero-order valence-electron chi connectivity index (χ0n) is 11.8. The number of anilines is 1. The number of fused-ring (bicyclic) bond motifs is 1. The van der Waals surface area contributed by atoms with E-state index in [2.05, 4.69) is 30.7 Å². The summed E-state index contributed by atoms with van der Waals surface area (Å²) in [6.07, 6.45) is 0. The Balaban J connectivity index is 2.69. The van der Waals surface area contributed by atoms with Crippen molar-refractivity contribution in [3.05, 3.63) is 27.6 Å². The van der Waals surface area contributed by atoms with Gasteiger partial charge in [0.15, 0.2) is 0 Å². The molecule has 0 fully saturated rings. The zero-order valence-corrected chi connectivity index (χ0v) is 12.6. The average molecular weight is 282 g/mol. The summed E-state index contributed by atoms with van der Waals surface area (Å²) < 4.78 is 1.62. The van der Waals surface area contributed by atoms with Crippen LogP contribution in [0.4, 0.5) is 5.69 Å². The molecule has 19 heavy (non-hydrogen) atoms. The van der Waals surface area contributed by atoms with Crippen LogP contribution in [0.5, 0.6) is 0 Å². The molecule has 1 aromatic carbocycles. The highest BCUT2D eigenvalue weighted by atomic mass is 35.5. The van der Waals surface area contributed by atoms with Crippen molar-refractivity contribution < 1.29 is 0 Å². The number of aromatic nitrogens is 2. The van der Waals surface area contributed by atoms with E-state index in [0.29, 0.717) is 10.9 Å². The predicted molar refractivity (Wildman–Crippen MR) is 81.3 cm³/mol. The first-order valence-corrected chi connectivity index (χ1v) is 6.95. The molecule has 0 saturated heterocycles. The summed E-state index contributed by atoms with van der Waals surface area (Å²) in [5.74, 6) is 0.530. The van der Waals surface area contributed by atoms with Crippen LogP contribution in [0, 0.1) is 5.92 Å². The van der Waals surface area contributed by atoms with Gasteiger partial charge in [0.25, 0.3) is 0 Å². The Kier molecular flexibility index (Phi) is 3.90. The molecular weight excluding hydrogens is 262 g/mol. The molecule has 0 aliphatic heterocycles. The van der Waals surface area contributed by atoms with Gasteiger partial charge in [-0.2, -0.15) is 0 Å². The van der Waals surface area contributed by atoms with Crippen molar-refractivity contribution >= 4 is 28.3 Å². The second-order valence-electron chi connectivity index (χ2n) is 5.21. The van der Waals surface area contributed by atoms with Crippen LogP contribution in [-0.2, 0) is 7.05 Å². The van der Waals surface area contributed by atoms with Gasteiger partial charge in [0.05, 0.1) is 21.7 Å². The summed E-state index contributed by atoms with van der Waals surface area (Å²) in [4.78, 5) is 16.9. The number of imidazole rings is 1. The van der Waals surface area contributed by atoms with Crippen LogP contribution in [0.25, 0.3) is 11.0 Å². The number of benzene rings is 1. The molecule has 0 bridgehead atoms. The average Bonchev–Trinajstić information content (AvgIpc) is 2.63. The van der Waals surface area contributed by atoms with Crippen LogP contribution in [0.1, 0.15) is 20.8 Å². The predicted octanol–water partition coefficient (Wildman–Crippen LogP) is 3.00. The fourth-order valence-electron chi connectivity index (χ4n) is 2.42. The molecule has 1 aromatic heterocycles. The van der Waals surface area contributed by atoms with E-state index in [1.165, 1.54) is 0 Å². The highest BCUT2D eigenvalue weighted by Gasteiger charge is 2.17. The van der Waals surface area contributed by atoms with Gasteiger partial charge in [-0.1, -0.05) is 25.4 Å². The fourth-order valence-corrected chi connectivity index (χ4v) is 2.69. The van der Waals surface area contributed by atoms with Crippen LogP contribution in [0.3, 0.4) is 0 Å². The smallest absolute Gasteiger partial charge is 0.326 e. The number of halogens is 1. The molecule has 0 aliphatic rings. The third-order valence-electron chi connectivity index (χ3n) is 3.27. The summed E-state index contributed by atoms with van der Waals surface area (Å²) in [6.45, 7) is 8.22. The van der Waals surface area contributed by atoms with Gasteiger partial charge in [-0.25, -0.2) is 4.79 Å². The van der Waals surface area contributed by atoms with Gasteiger partial charge in [0.1, 0.15) is 0 Å². The summed E-state index contributed by atoms with van der Waals surface area (Å²) in [5, 5.41) is 0.685. The zero-order chi connectivity index (χ0) is 14.2. The standard InChI is InChI=1S/C14H20ClN3O/c1-5-18(8-9(2)3)12-10(15)6-7-11-13(12)17(4)14(19)16-11/h6-7,9H,5,8H2,1-4H3,(H,16,19). The van der Waals surface area contributed by atoms with Crippen molar-refractivity contribution in [2.24, 2.45) is 13.0 Å². The van der Waals surface area contributed by atoms with Crippen molar-refractivity contribution in [3.63, 3.8) is 0 Å². The van der Waals surface area contributed by atoms with Gasteiger partial charge in [-0.3, -0.25) is 4.57 Å². The van der Waals surface area contributed by atoms with E-state index in [1.807, 2.05) is 12.1 Å². The normalized spacial score (nSPS) is 11.5. The van der Waals surface area contributed by atoms with Crippen molar-refractivity contribution in [3.8, 4) is 0 Å². The Morgan fingerprint density at radius 2 is 2.11 bits per heavy atom. The summed E-state index contributed by atoms with van der Waals surface area (Å²) >= 11 is 6.37. The van der Waals surface area contributed by atoms with E-state index >= 15 is 0 Å². The van der Waals surface area contributed by atoms with Crippen LogP contribution in [0.2, 0.25) is 5.02 Å². The van der Waals surface area contributed by atoms with E-state index < -0.39 is 0 Å². The lowest BCUT2D eigenvalue weighted by atomic mass is 10.1. The highest BCUT2D eigenvalue weighted by Crippen LogP contribution is 2.33. The number of hydrogen-bond donors (Lipinski definition) is 1. The molecule has 0 radical (unpaired) electrons. The first-order chi connectivity index (χ1) is 8.95. The minimum atomic E-state index is -0.112. The van der Waals surface area contributed by atoms with Crippen LogP contribution >= 0.6 is 11.6 Å². The third-order valence-corrected chi connectivity index (χ3v) is 3.57. The van der Waals surface area contributed by atoms with Gasteiger partial charge in [0.2, 0.25) is 0 Å². The topological polar surface area (TPSA) is 41.0 Å². The highest BCUT2D eigenvalue weighted by molar-refractivity contribution is 6.34. The molecule has 0 atom stereocenters. The molecule has 4 nitrogen and oxygen atoms in total. The van der Waals surface area contributed by atoms with E-state index in [-0.39, 0.29) is 5.69 Å². The number of aryl methyl sites for hydroxylation is 1. The number of rotatable bonds is 4. The van der Waals surface area contributed by atoms with Gasteiger partial charge >= 0.3 is 5.69 Å². The monoisotopic (exact) mass is 281 g/mol. The van der Waals surface area contributed by atoms with E-state index in [4.69, 9.17) is 11.6 Å². The SMILES string of the molecule is CCN(CC(C)C)c1c(Cl)ccc2[nH]c(=O)n(C)c12. The molecule has 2 rings (SSSR count). The van der Waals surface area contributed by atoms with E-state index in [9.17, 15) is 4.79 Å². The quantitative estimate of drug-likeness (QED) is 0.936. The van der Waals surface area contributed by atoms with Gasteiger partial charge in [-0.15, -0.1) is 0 Å². The fraction of sp³-hybridized carbons (Fsp3) is 0.500. The Hall–Kier alpha value is -1.42. The number of H-pyrrole nitrogens is 1. The second kappa shape index (κ2) is 5.29. The molecule has 5 heteroatoms. The third kappa shape index (κ3) is 2.50. The molecule has 1 N–H and O–H groups in total. The minimum absolute atomic E-state index is 0.112. The molecule has 0 unspecified atom stereocenters. The maximum absolute atomic E-state index is 11.8. The van der Waals surface area contributed by atoms with Crippen molar-refractivity contribution in [2.75, 3.05) is 18.0 Å². The van der Waals surface area contributed by atoms with Crippen LogP contribution < -0.4 is 10.6 Å². The Bertz CT molecular complexity index is 642. The molecule has 0 spiro atoms. The van der Waals surface area contributed by atoms with E-state index in [1.54, 1.807) is 11.6 Å². The lowest BCUT2D eigenvalue weighted by molar-refractivity contribution is 0.619. The largest absolute Gasteiger partial charge is 0.369 e. The second-order valence-corrected chi connectivity index (χ2v) is 5.62. The summed E-state index contributed by atoms with van der Waals surface area (Å²) in [7, 11) is 1.77.